The summed E-state index contributed by atoms with van der Waals surface area (Å²) >= 11 is 0. The third-order valence-corrected chi connectivity index (χ3v) is 7.06. The topological polar surface area (TPSA) is 120 Å². The zero-order valence-electron chi connectivity index (χ0n) is 19.7. The quantitative estimate of drug-likeness (QED) is 0.427. The van der Waals surface area contributed by atoms with Gasteiger partial charge in [0, 0.05) is 17.8 Å². The first kappa shape index (κ1) is 25.3. The third kappa shape index (κ3) is 5.95. The largest absolute Gasteiger partial charge is 0.493 e. The average Bonchev–Trinajstić information content (AvgIpc) is 3.06. The highest BCUT2D eigenvalue weighted by molar-refractivity contribution is 7.89. The van der Waals surface area contributed by atoms with Crippen molar-refractivity contribution >= 4 is 16.0 Å². The fourth-order valence-corrected chi connectivity index (χ4v) is 4.72. The van der Waals surface area contributed by atoms with Crippen LogP contribution in [0, 0.1) is 13.8 Å². The molecule has 9 nitrogen and oxygen atoms in total. The van der Waals surface area contributed by atoms with Gasteiger partial charge in [-0.2, -0.15) is 5.10 Å². The second-order valence-electron chi connectivity index (χ2n) is 7.86. The van der Waals surface area contributed by atoms with E-state index in [1.807, 2.05) is 19.1 Å². The number of aromatic nitrogens is 2. The lowest BCUT2D eigenvalue weighted by Gasteiger charge is -2.11. The van der Waals surface area contributed by atoms with Gasteiger partial charge in [-0.3, -0.25) is 9.48 Å². The highest BCUT2D eigenvalue weighted by Gasteiger charge is 2.16. The first-order valence-electron chi connectivity index (χ1n) is 10.7. The molecule has 0 saturated heterocycles. The summed E-state index contributed by atoms with van der Waals surface area (Å²) in [5.74, 6) is 0.306. The number of carboxylic acid groups (broad SMARTS) is 1. The Labute approximate surface area is 199 Å². The molecule has 0 saturated carbocycles. The summed E-state index contributed by atoms with van der Waals surface area (Å²) in [6.45, 7) is 4.27. The standard InChI is InChI=1S/C24H29N3O6S/c1-16-21(14-24(28)29)17(2)27(26-16)15-19-5-8-20(9-6-19)34(30,31)25-12-11-18-7-10-22(32-3)23(13-18)33-4/h5-10,13,25H,11-12,14-15H2,1-4H3,(H,28,29). The maximum Gasteiger partial charge on any atom is 0.307 e. The Morgan fingerprint density at radius 1 is 1.03 bits per heavy atom. The van der Waals surface area contributed by atoms with Gasteiger partial charge in [0.1, 0.15) is 0 Å². The summed E-state index contributed by atoms with van der Waals surface area (Å²) in [4.78, 5) is 11.2. The molecule has 1 aromatic heterocycles. The van der Waals surface area contributed by atoms with E-state index in [1.54, 1.807) is 56.2 Å². The van der Waals surface area contributed by atoms with Crippen molar-refractivity contribution in [3.63, 3.8) is 0 Å². The number of aryl methyl sites for hydroxylation is 1. The summed E-state index contributed by atoms with van der Waals surface area (Å²) in [6.07, 6.45) is 0.415. The van der Waals surface area contributed by atoms with Crippen LogP contribution in [0.2, 0.25) is 0 Å². The molecule has 3 rings (SSSR count). The van der Waals surface area contributed by atoms with Gasteiger partial charge in [0.2, 0.25) is 10.0 Å². The van der Waals surface area contributed by atoms with E-state index in [9.17, 15) is 13.2 Å². The Balaban J connectivity index is 1.63. The van der Waals surface area contributed by atoms with Crippen LogP contribution in [0.5, 0.6) is 11.5 Å². The number of ether oxygens (including phenoxy) is 2. The number of carboxylic acids is 1. The predicted octanol–water partition coefficient (Wildman–Crippen LogP) is 2.71. The van der Waals surface area contributed by atoms with Crippen LogP contribution >= 0.6 is 0 Å². The minimum Gasteiger partial charge on any atom is -0.493 e. The Morgan fingerprint density at radius 2 is 1.68 bits per heavy atom. The molecule has 0 amide bonds. The van der Waals surface area contributed by atoms with Crippen LogP contribution in [-0.4, -0.2) is 50.0 Å². The number of carbonyl (C=O) groups is 1. The van der Waals surface area contributed by atoms with Crippen molar-refractivity contribution in [3.05, 3.63) is 70.5 Å². The molecule has 0 unspecified atom stereocenters. The van der Waals surface area contributed by atoms with Crippen molar-refractivity contribution in [2.75, 3.05) is 20.8 Å². The average molecular weight is 488 g/mol. The molecule has 0 atom stereocenters. The predicted molar refractivity (Wildman–Crippen MR) is 127 cm³/mol. The minimum absolute atomic E-state index is 0.0795. The number of sulfonamides is 1. The number of methoxy groups -OCH3 is 2. The lowest BCUT2D eigenvalue weighted by Crippen LogP contribution is -2.26. The van der Waals surface area contributed by atoms with Crippen LogP contribution in [0.1, 0.15) is 28.1 Å². The number of hydrogen-bond donors (Lipinski definition) is 2. The molecule has 182 valence electrons. The summed E-state index contributed by atoms with van der Waals surface area (Å²) in [5.41, 5.74) is 3.94. The molecule has 0 bridgehead atoms. The summed E-state index contributed by atoms with van der Waals surface area (Å²) < 4.78 is 40.2. The van der Waals surface area contributed by atoms with Gasteiger partial charge in [-0.05, 0) is 55.7 Å². The van der Waals surface area contributed by atoms with Crippen molar-refractivity contribution in [2.24, 2.45) is 0 Å². The molecule has 0 aliphatic carbocycles. The molecule has 0 aliphatic rings. The molecular weight excluding hydrogens is 458 g/mol. The minimum atomic E-state index is -3.67. The normalized spacial score (nSPS) is 11.4. The van der Waals surface area contributed by atoms with Crippen LogP contribution in [-0.2, 0) is 34.2 Å². The molecule has 0 aliphatic heterocycles. The van der Waals surface area contributed by atoms with E-state index in [1.165, 1.54) is 0 Å². The molecule has 0 spiro atoms. The summed E-state index contributed by atoms with van der Waals surface area (Å²) in [6, 6.07) is 12.0. The number of hydrogen-bond acceptors (Lipinski definition) is 6. The van der Waals surface area contributed by atoms with Gasteiger partial charge in [-0.1, -0.05) is 18.2 Å². The van der Waals surface area contributed by atoms with Crippen LogP contribution in [0.25, 0.3) is 0 Å². The molecule has 0 radical (unpaired) electrons. The van der Waals surface area contributed by atoms with Crippen molar-refractivity contribution < 1.29 is 27.8 Å². The van der Waals surface area contributed by atoms with Crippen molar-refractivity contribution in [3.8, 4) is 11.5 Å². The van der Waals surface area contributed by atoms with E-state index in [2.05, 4.69) is 9.82 Å². The van der Waals surface area contributed by atoms with Crippen LogP contribution in [0.4, 0.5) is 0 Å². The fraction of sp³-hybridized carbons (Fsp3) is 0.333. The maximum absolute atomic E-state index is 12.7. The highest BCUT2D eigenvalue weighted by Crippen LogP contribution is 2.27. The Kier molecular flexibility index (Phi) is 7.95. The summed E-state index contributed by atoms with van der Waals surface area (Å²) in [7, 11) is -0.553. The van der Waals surface area contributed by atoms with Gasteiger partial charge < -0.3 is 14.6 Å². The number of benzene rings is 2. The SMILES string of the molecule is COc1ccc(CCNS(=O)(=O)c2ccc(Cn3nc(C)c(CC(=O)O)c3C)cc2)cc1OC. The van der Waals surface area contributed by atoms with E-state index in [4.69, 9.17) is 14.6 Å². The molecule has 10 heteroatoms. The second-order valence-corrected chi connectivity index (χ2v) is 9.63. The Bertz CT molecular complexity index is 1270. The highest BCUT2D eigenvalue weighted by atomic mass is 32.2. The monoisotopic (exact) mass is 487 g/mol. The lowest BCUT2D eigenvalue weighted by molar-refractivity contribution is -0.136. The molecule has 3 aromatic rings. The molecule has 1 heterocycles. The van der Waals surface area contributed by atoms with E-state index in [-0.39, 0.29) is 17.9 Å². The number of rotatable bonds is 11. The lowest BCUT2D eigenvalue weighted by atomic mass is 10.1. The Morgan fingerprint density at radius 3 is 2.29 bits per heavy atom. The van der Waals surface area contributed by atoms with Crippen LogP contribution in [0.15, 0.2) is 47.4 Å². The van der Waals surface area contributed by atoms with Gasteiger partial charge in [-0.25, -0.2) is 13.1 Å². The van der Waals surface area contributed by atoms with Crippen molar-refractivity contribution in [1.82, 2.24) is 14.5 Å². The van der Waals surface area contributed by atoms with Crippen molar-refractivity contribution in [2.45, 2.75) is 38.1 Å². The maximum atomic E-state index is 12.7. The molecular formula is C24H29N3O6S. The first-order valence-corrected chi connectivity index (χ1v) is 12.2. The first-order chi connectivity index (χ1) is 16.1. The van der Waals surface area contributed by atoms with Gasteiger partial charge in [0.25, 0.3) is 0 Å². The van der Waals surface area contributed by atoms with Gasteiger partial charge in [0.05, 0.1) is 37.8 Å². The number of aliphatic carboxylic acids is 1. The van der Waals surface area contributed by atoms with E-state index in [0.29, 0.717) is 35.7 Å². The van der Waals surface area contributed by atoms with E-state index in [0.717, 1.165) is 16.8 Å². The number of nitrogens with zero attached hydrogens (tertiary/aromatic N) is 2. The smallest absolute Gasteiger partial charge is 0.307 e. The molecule has 2 N–H and O–H groups in total. The fourth-order valence-electron chi connectivity index (χ4n) is 3.69. The van der Waals surface area contributed by atoms with E-state index < -0.39 is 16.0 Å². The van der Waals surface area contributed by atoms with Crippen LogP contribution in [0.3, 0.4) is 0 Å². The third-order valence-electron chi connectivity index (χ3n) is 5.58. The van der Waals surface area contributed by atoms with Crippen molar-refractivity contribution in [1.29, 1.82) is 0 Å². The Hall–Kier alpha value is -3.37. The van der Waals surface area contributed by atoms with Gasteiger partial charge in [-0.15, -0.1) is 0 Å². The second kappa shape index (κ2) is 10.7. The van der Waals surface area contributed by atoms with Gasteiger partial charge >= 0.3 is 5.97 Å². The van der Waals surface area contributed by atoms with Gasteiger partial charge in [0.15, 0.2) is 11.5 Å². The number of nitrogens with one attached hydrogen (secondary N) is 1. The zero-order valence-corrected chi connectivity index (χ0v) is 20.5. The summed E-state index contributed by atoms with van der Waals surface area (Å²) in [5, 5.41) is 13.5. The molecule has 2 aromatic carbocycles. The van der Waals surface area contributed by atoms with E-state index >= 15 is 0 Å². The van der Waals surface area contributed by atoms with Crippen LogP contribution < -0.4 is 14.2 Å². The molecule has 0 fully saturated rings. The molecule has 34 heavy (non-hydrogen) atoms. The zero-order chi connectivity index (χ0) is 24.9.